The van der Waals surface area contributed by atoms with Crippen molar-refractivity contribution in [3.05, 3.63) is 51.3 Å². The van der Waals surface area contributed by atoms with Crippen LogP contribution in [0, 0.1) is 6.92 Å². The number of carbonyl (C=O) groups is 1. The molecule has 3 aromatic rings. The summed E-state index contributed by atoms with van der Waals surface area (Å²) in [6, 6.07) is 7.16. The molecule has 0 aliphatic carbocycles. The molecule has 3 rings (SSSR count). The third kappa shape index (κ3) is 2.13. The Labute approximate surface area is 121 Å². The molecule has 2 heterocycles. The molecule has 0 saturated carbocycles. The van der Waals surface area contributed by atoms with Crippen LogP contribution in [0.3, 0.4) is 0 Å². The van der Waals surface area contributed by atoms with E-state index in [4.69, 9.17) is 4.42 Å². The number of aryl methyl sites for hydroxylation is 2. The van der Waals surface area contributed by atoms with Gasteiger partial charge in [0.25, 0.3) is 0 Å². The van der Waals surface area contributed by atoms with E-state index in [2.05, 4.69) is 4.98 Å². The lowest BCUT2D eigenvalue weighted by Crippen LogP contribution is -2.07. The van der Waals surface area contributed by atoms with Gasteiger partial charge in [0.05, 0.1) is 16.5 Å². The molecule has 21 heavy (non-hydrogen) atoms. The highest BCUT2D eigenvalue weighted by Crippen LogP contribution is 2.21. The van der Waals surface area contributed by atoms with Crippen molar-refractivity contribution in [2.24, 2.45) is 0 Å². The van der Waals surface area contributed by atoms with E-state index in [9.17, 15) is 9.59 Å². The number of nitrogens with zero attached hydrogens (tertiary/aromatic N) is 1. The Morgan fingerprint density at radius 3 is 2.67 bits per heavy atom. The molecule has 0 atom stereocenters. The highest BCUT2D eigenvalue weighted by molar-refractivity contribution is 5.99. The van der Waals surface area contributed by atoms with Crippen LogP contribution in [-0.2, 0) is 6.42 Å². The van der Waals surface area contributed by atoms with Gasteiger partial charge in [0.15, 0.2) is 5.78 Å². The molecule has 4 nitrogen and oxygen atoms in total. The van der Waals surface area contributed by atoms with E-state index in [1.807, 2.05) is 19.1 Å². The predicted molar refractivity (Wildman–Crippen MR) is 81.9 cm³/mol. The Bertz CT molecular complexity index is 938. The van der Waals surface area contributed by atoms with Gasteiger partial charge >= 0.3 is 0 Å². The Hall–Kier alpha value is -2.49. The van der Waals surface area contributed by atoms with Crippen molar-refractivity contribution in [1.29, 1.82) is 0 Å². The third-order valence-electron chi connectivity index (χ3n) is 3.71. The van der Waals surface area contributed by atoms with E-state index in [1.54, 1.807) is 19.1 Å². The lowest BCUT2D eigenvalue weighted by Gasteiger charge is -2.06. The van der Waals surface area contributed by atoms with Crippen molar-refractivity contribution < 1.29 is 9.21 Å². The molecule has 0 saturated heterocycles. The summed E-state index contributed by atoms with van der Waals surface area (Å²) in [5, 5.41) is 0.883. The molecular formula is C17H15NO3. The Morgan fingerprint density at radius 1 is 1.24 bits per heavy atom. The first-order valence-corrected chi connectivity index (χ1v) is 6.89. The quantitative estimate of drug-likeness (QED) is 0.533. The number of fused-ring (bicyclic) bond motifs is 2. The average Bonchev–Trinajstić information content (AvgIpc) is 2.46. The summed E-state index contributed by atoms with van der Waals surface area (Å²) in [5.41, 5.74) is 2.76. The molecule has 0 spiro atoms. The van der Waals surface area contributed by atoms with E-state index in [-0.39, 0.29) is 16.9 Å². The summed E-state index contributed by atoms with van der Waals surface area (Å²) in [4.78, 5) is 28.5. The molecule has 0 unspecified atom stereocenters. The van der Waals surface area contributed by atoms with Crippen LogP contribution in [0.15, 0.2) is 33.5 Å². The number of Topliss-reactive ketones (excluding diaryl/α,β-unsaturated/α-hetero) is 1. The zero-order valence-electron chi connectivity index (χ0n) is 12.2. The second kappa shape index (κ2) is 4.81. The van der Waals surface area contributed by atoms with E-state index in [1.165, 1.54) is 6.92 Å². The van der Waals surface area contributed by atoms with Gasteiger partial charge in [-0.1, -0.05) is 13.0 Å². The van der Waals surface area contributed by atoms with Gasteiger partial charge < -0.3 is 4.42 Å². The summed E-state index contributed by atoms with van der Waals surface area (Å²) in [7, 11) is 0. The molecule has 0 fully saturated rings. The highest BCUT2D eigenvalue weighted by Gasteiger charge is 2.14. The lowest BCUT2D eigenvalue weighted by molar-refractivity contribution is 0.101. The Morgan fingerprint density at radius 2 is 2.00 bits per heavy atom. The molecule has 0 radical (unpaired) electrons. The van der Waals surface area contributed by atoms with Crippen molar-refractivity contribution in [2.75, 3.05) is 0 Å². The number of benzene rings is 1. The molecule has 1 aromatic carbocycles. The van der Waals surface area contributed by atoms with Crippen LogP contribution in [0.5, 0.6) is 0 Å². The molecular weight excluding hydrogens is 266 g/mol. The van der Waals surface area contributed by atoms with Crippen LogP contribution < -0.4 is 5.43 Å². The van der Waals surface area contributed by atoms with Crippen LogP contribution >= 0.6 is 0 Å². The van der Waals surface area contributed by atoms with E-state index >= 15 is 0 Å². The predicted octanol–water partition coefficient (Wildman–Crippen LogP) is 3.41. The molecule has 2 aromatic heterocycles. The second-order valence-corrected chi connectivity index (χ2v) is 5.15. The SMILES string of the molecule is CCc1ccc2oc3nc(C)c(C(C)=O)cc3c(=O)c2c1. The van der Waals surface area contributed by atoms with E-state index in [0.29, 0.717) is 27.6 Å². The molecule has 0 N–H and O–H groups in total. The Balaban J connectivity index is 2.45. The fourth-order valence-corrected chi connectivity index (χ4v) is 2.49. The number of hydrogen-bond donors (Lipinski definition) is 0. The number of rotatable bonds is 2. The van der Waals surface area contributed by atoms with Gasteiger partial charge in [0.2, 0.25) is 11.1 Å². The number of hydrogen-bond acceptors (Lipinski definition) is 4. The maximum atomic E-state index is 12.6. The fraction of sp³-hybridized carbons (Fsp3) is 0.235. The number of ketones is 1. The third-order valence-corrected chi connectivity index (χ3v) is 3.71. The normalized spacial score (nSPS) is 11.2. The van der Waals surface area contributed by atoms with Crippen molar-refractivity contribution in [2.45, 2.75) is 27.2 Å². The number of aromatic nitrogens is 1. The van der Waals surface area contributed by atoms with Crippen molar-refractivity contribution in [1.82, 2.24) is 4.98 Å². The summed E-state index contributed by atoms with van der Waals surface area (Å²) in [6.07, 6.45) is 0.845. The van der Waals surface area contributed by atoms with Crippen molar-refractivity contribution in [3.63, 3.8) is 0 Å². The molecule has 0 bridgehead atoms. The van der Waals surface area contributed by atoms with Crippen LogP contribution in [-0.4, -0.2) is 10.8 Å². The minimum atomic E-state index is -0.142. The minimum absolute atomic E-state index is 0.108. The topological polar surface area (TPSA) is 60.2 Å². The van der Waals surface area contributed by atoms with Gasteiger partial charge in [-0.15, -0.1) is 0 Å². The van der Waals surface area contributed by atoms with Crippen LogP contribution in [0.2, 0.25) is 0 Å². The largest absolute Gasteiger partial charge is 0.437 e. The van der Waals surface area contributed by atoms with Crippen LogP contribution in [0.25, 0.3) is 22.1 Å². The first-order valence-electron chi connectivity index (χ1n) is 6.89. The maximum Gasteiger partial charge on any atom is 0.230 e. The summed E-state index contributed by atoms with van der Waals surface area (Å²) in [6.45, 7) is 5.23. The van der Waals surface area contributed by atoms with Crippen LogP contribution in [0.4, 0.5) is 0 Å². The molecule has 106 valence electrons. The van der Waals surface area contributed by atoms with Crippen LogP contribution in [0.1, 0.15) is 35.5 Å². The molecule has 0 amide bonds. The zero-order chi connectivity index (χ0) is 15.1. The smallest absolute Gasteiger partial charge is 0.230 e. The van der Waals surface area contributed by atoms with E-state index < -0.39 is 0 Å². The lowest BCUT2D eigenvalue weighted by atomic mass is 10.1. The Kier molecular flexibility index (Phi) is 3.09. The first kappa shape index (κ1) is 13.5. The standard InChI is InChI=1S/C17H15NO3/c1-4-11-5-6-15-13(7-11)16(20)14-8-12(10(3)19)9(2)18-17(14)21-15/h5-8H,4H2,1-3H3. The van der Waals surface area contributed by atoms with Gasteiger partial charge in [-0.2, -0.15) is 0 Å². The van der Waals surface area contributed by atoms with Gasteiger partial charge in [0, 0.05) is 5.56 Å². The van der Waals surface area contributed by atoms with Gasteiger partial charge in [-0.3, -0.25) is 9.59 Å². The van der Waals surface area contributed by atoms with Gasteiger partial charge in [-0.25, -0.2) is 4.98 Å². The number of pyridine rings is 1. The molecule has 0 aliphatic heterocycles. The fourth-order valence-electron chi connectivity index (χ4n) is 2.49. The monoisotopic (exact) mass is 281 g/mol. The van der Waals surface area contributed by atoms with Crippen molar-refractivity contribution >= 4 is 27.9 Å². The average molecular weight is 281 g/mol. The number of carbonyl (C=O) groups excluding carboxylic acids is 1. The van der Waals surface area contributed by atoms with E-state index in [0.717, 1.165) is 12.0 Å². The first-order chi connectivity index (χ1) is 10.0. The molecule has 4 heteroatoms. The summed E-state index contributed by atoms with van der Waals surface area (Å²) < 4.78 is 5.72. The van der Waals surface area contributed by atoms with Gasteiger partial charge in [0.1, 0.15) is 5.58 Å². The minimum Gasteiger partial charge on any atom is -0.437 e. The molecule has 0 aliphatic rings. The highest BCUT2D eigenvalue weighted by atomic mass is 16.3. The summed E-state index contributed by atoms with van der Waals surface area (Å²) >= 11 is 0. The second-order valence-electron chi connectivity index (χ2n) is 5.15. The van der Waals surface area contributed by atoms with Gasteiger partial charge in [-0.05, 0) is 44.0 Å². The summed E-state index contributed by atoms with van der Waals surface area (Å²) in [5.74, 6) is -0.108. The zero-order valence-corrected chi connectivity index (χ0v) is 12.2. The maximum absolute atomic E-state index is 12.6. The van der Waals surface area contributed by atoms with Crippen molar-refractivity contribution in [3.8, 4) is 0 Å².